The molecule has 194 valence electrons. The average Bonchev–Trinajstić information content (AvgIpc) is 3.43. The van der Waals surface area contributed by atoms with Crippen LogP contribution in [-0.4, -0.2) is 63.4 Å². The van der Waals surface area contributed by atoms with Gasteiger partial charge in [-0.1, -0.05) is 36.1 Å². The molecule has 0 bridgehead atoms. The molecule has 1 aromatic heterocycles. The highest BCUT2D eigenvalue weighted by Crippen LogP contribution is 2.66. The normalized spacial score (nSPS) is 26.7. The molecule has 3 atom stereocenters. The Balaban J connectivity index is 1.56. The van der Waals surface area contributed by atoms with Crippen LogP contribution in [0.2, 0.25) is 0 Å². The first-order chi connectivity index (χ1) is 18.3. The summed E-state index contributed by atoms with van der Waals surface area (Å²) in [6.45, 7) is 0.649. The van der Waals surface area contributed by atoms with Gasteiger partial charge in [0.1, 0.15) is 20.6 Å². The second-order valence-corrected chi connectivity index (χ2v) is 11.7. The highest BCUT2D eigenvalue weighted by atomic mass is 32.2. The number of anilines is 1. The van der Waals surface area contributed by atoms with Crippen LogP contribution in [-0.2, 0) is 21.7 Å². The van der Waals surface area contributed by atoms with Gasteiger partial charge >= 0.3 is 0 Å². The van der Waals surface area contributed by atoms with Crippen LogP contribution in [0.3, 0.4) is 0 Å². The molecule has 2 spiro atoms. The smallest absolute Gasteiger partial charge is 0.254 e. The van der Waals surface area contributed by atoms with Crippen LogP contribution in [0.1, 0.15) is 22.6 Å². The number of aromatic nitrogens is 1. The van der Waals surface area contributed by atoms with E-state index in [9.17, 15) is 14.0 Å². The lowest BCUT2D eigenvalue weighted by molar-refractivity contribution is -0.139. The number of pyridine rings is 1. The maximum absolute atomic E-state index is 14.8. The van der Waals surface area contributed by atoms with Crippen molar-refractivity contribution in [2.45, 2.75) is 22.7 Å². The number of thioether (sulfide) groups is 1. The van der Waals surface area contributed by atoms with Crippen LogP contribution in [0, 0.1) is 5.82 Å². The van der Waals surface area contributed by atoms with Gasteiger partial charge in [0.15, 0.2) is 5.54 Å². The molecule has 0 N–H and O–H groups in total. The molecule has 4 heterocycles. The summed E-state index contributed by atoms with van der Waals surface area (Å²) in [4.78, 5) is 38.3. The number of hydrogen-bond acceptors (Lipinski definition) is 7. The molecule has 0 unspecified atom stereocenters. The van der Waals surface area contributed by atoms with E-state index < -0.39 is 22.0 Å². The summed E-state index contributed by atoms with van der Waals surface area (Å²) in [5.41, 5.74) is 1.37. The van der Waals surface area contributed by atoms with Crippen molar-refractivity contribution < 1.29 is 18.7 Å². The maximum Gasteiger partial charge on any atom is 0.254 e. The van der Waals surface area contributed by atoms with Crippen molar-refractivity contribution in [2.24, 2.45) is 0 Å². The van der Waals surface area contributed by atoms with Gasteiger partial charge in [-0.15, -0.1) is 0 Å². The molecule has 2 aromatic carbocycles. The van der Waals surface area contributed by atoms with Crippen molar-refractivity contribution >= 4 is 45.8 Å². The van der Waals surface area contributed by atoms with Crippen molar-refractivity contribution in [1.82, 2.24) is 14.8 Å². The van der Waals surface area contributed by atoms with Gasteiger partial charge in [-0.3, -0.25) is 24.4 Å². The van der Waals surface area contributed by atoms with Crippen LogP contribution < -0.4 is 9.64 Å². The largest absolute Gasteiger partial charge is 0.497 e. The van der Waals surface area contributed by atoms with E-state index in [0.717, 1.165) is 11.1 Å². The summed E-state index contributed by atoms with van der Waals surface area (Å²) in [6, 6.07) is 15.5. The third-order valence-corrected chi connectivity index (χ3v) is 9.96. The first-order valence-corrected chi connectivity index (χ1v) is 13.4. The molecular formula is C28H25FN4O3S2. The Morgan fingerprint density at radius 1 is 1.08 bits per heavy atom. The van der Waals surface area contributed by atoms with E-state index in [1.165, 1.54) is 28.8 Å². The number of halogens is 1. The lowest BCUT2D eigenvalue weighted by Gasteiger charge is -2.42. The van der Waals surface area contributed by atoms with E-state index in [4.69, 9.17) is 17.0 Å². The first kappa shape index (κ1) is 25.0. The fourth-order valence-corrected chi connectivity index (χ4v) is 8.44. The van der Waals surface area contributed by atoms with Gasteiger partial charge in [0.2, 0.25) is 5.91 Å². The topological polar surface area (TPSA) is 66.0 Å². The number of hydrogen-bond donors (Lipinski definition) is 0. The van der Waals surface area contributed by atoms with E-state index in [1.807, 2.05) is 48.3 Å². The van der Waals surface area contributed by atoms with Gasteiger partial charge in [-0.25, -0.2) is 4.39 Å². The summed E-state index contributed by atoms with van der Waals surface area (Å²) in [6.07, 6.45) is 3.36. The minimum atomic E-state index is -1.45. The Bertz CT molecular complexity index is 1470. The average molecular weight is 549 g/mol. The number of likely N-dealkylation sites (tertiary alicyclic amines) is 1. The predicted octanol–water partition coefficient (Wildman–Crippen LogP) is 3.93. The van der Waals surface area contributed by atoms with Gasteiger partial charge in [0, 0.05) is 43.2 Å². The van der Waals surface area contributed by atoms with Gasteiger partial charge in [0.25, 0.3) is 5.91 Å². The van der Waals surface area contributed by atoms with Crippen molar-refractivity contribution in [2.75, 3.05) is 32.6 Å². The molecule has 7 nitrogen and oxygen atoms in total. The Hall–Kier alpha value is -3.34. The number of rotatable bonds is 4. The standard InChI is InChI=1S/C28H25FN4O3S2/c1-31-16-22(18-10-12-30-13-11-18)28(27(31)21-14-19(29)6-9-23(21)32(2)24(27)34)25(35)33(26(37)38-28)15-17-4-7-20(36-3)8-5-17/h4-14,22H,15-16H2,1-3H3/t22-,27+,28-/m0/s1. The number of amides is 2. The van der Waals surface area contributed by atoms with E-state index in [-0.39, 0.29) is 18.4 Å². The molecular weight excluding hydrogens is 523 g/mol. The van der Waals surface area contributed by atoms with E-state index >= 15 is 0 Å². The van der Waals surface area contributed by atoms with E-state index in [0.29, 0.717) is 27.9 Å². The van der Waals surface area contributed by atoms with Crippen molar-refractivity contribution in [1.29, 1.82) is 0 Å². The quantitative estimate of drug-likeness (QED) is 0.458. The summed E-state index contributed by atoms with van der Waals surface area (Å²) in [5.74, 6) is -0.684. The fourth-order valence-electron chi connectivity index (χ4n) is 6.32. The number of carbonyl (C=O) groups is 2. The molecule has 0 radical (unpaired) electrons. The summed E-state index contributed by atoms with van der Waals surface area (Å²) < 4.78 is 19.1. The summed E-state index contributed by atoms with van der Waals surface area (Å²) in [7, 11) is 5.10. The molecule has 0 saturated carbocycles. The van der Waals surface area contributed by atoms with Gasteiger partial charge in [0.05, 0.1) is 13.7 Å². The molecule has 6 rings (SSSR count). The summed E-state index contributed by atoms with van der Waals surface area (Å²) in [5, 5.41) is 0. The highest BCUT2D eigenvalue weighted by Gasteiger charge is 2.78. The number of nitrogens with zero attached hydrogens (tertiary/aromatic N) is 4. The number of ether oxygens (including phenoxy) is 1. The molecule has 3 aliphatic rings. The third kappa shape index (κ3) is 3.17. The molecule has 0 aliphatic carbocycles. The van der Waals surface area contributed by atoms with Gasteiger partial charge in [-0.05, 0) is 60.6 Å². The van der Waals surface area contributed by atoms with Crippen molar-refractivity contribution in [3.05, 3.63) is 89.5 Å². The molecule has 3 aromatic rings. The zero-order valence-corrected chi connectivity index (χ0v) is 22.7. The molecule has 2 fully saturated rings. The van der Waals surface area contributed by atoms with Crippen LogP contribution in [0.15, 0.2) is 67.0 Å². The van der Waals surface area contributed by atoms with E-state index in [2.05, 4.69) is 4.98 Å². The first-order valence-electron chi connectivity index (χ1n) is 12.1. The fraction of sp³-hybridized carbons (Fsp3) is 0.286. The SMILES string of the molecule is COc1ccc(CN2C(=O)[C@@]3(SC2=S)[C@H](c2ccncc2)CN(C)[C@]32C(=O)N(C)c3ccc(F)cc32)cc1. The minimum Gasteiger partial charge on any atom is -0.497 e. The Morgan fingerprint density at radius 2 is 1.79 bits per heavy atom. The molecule has 3 aliphatic heterocycles. The maximum atomic E-state index is 14.8. The minimum absolute atomic E-state index is 0.249. The van der Waals surface area contributed by atoms with E-state index in [1.54, 1.807) is 37.5 Å². The number of methoxy groups -OCH3 is 1. The molecule has 38 heavy (non-hydrogen) atoms. The van der Waals surface area contributed by atoms with Crippen molar-refractivity contribution in [3.8, 4) is 5.75 Å². The zero-order chi connectivity index (χ0) is 26.8. The van der Waals surface area contributed by atoms with Crippen LogP contribution in [0.25, 0.3) is 0 Å². The van der Waals surface area contributed by atoms with Gasteiger partial charge in [-0.2, -0.15) is 0 Å². The second kappa shape index (κ2) is 8.86. The Morgan fingerprint density at radius 3 is 2.47 bits per heavy atom. The lowest BCUT2D eigenvalue weighted by atomic mass is 9.72. The molecule has 2 amide bonds. The number of likely N-dealkylation sites (N-methyl/N-ethyl adjacent to an activating group) is 2. The number of thiocarbonyl (C=S) groups is 1. The Kier molecular flexibility index (Phi) is 5.82. The monoisotopic (exact) mass is 548 g/mol. The summed E-state index contributed by atoms with van der Waals surface area (Å²) >= 11 is 7.09. The number of fused-ring (bicyclic) bond motifs is 3. The van der Waals surface area contributed by atoms with Crippen molar-refractivity contribution in [3.63, 3.8) is 0 Å². The number of benzene rings is 2. The van der Waals surface area contributed by atoms with Crippen LogP contribution >= 0.6 is 24.0 Å². The second-order valence-electron chi connectivity index (χ2n) is 9.79. The predicted molar refractivity (Wildman–Crippen MR) is 148 cm³/mol. The van der Waals surface area contributed by atoms with Gasteiger partial charge < -0.3 is 9.64 Å². The van der Waals surface area contributed by atoms with Crippen LogP contribution in [0.4, 0.5) is 10.1 Å². The highest BCUT2D eigenvalue weighted by molar-refractivity contribution is 8.25. The molecule has 2 saturated heterocycles. The third-order valence-electron chi connectivity index (χ3n) is 8.02. The Labute approximate surface area is 229 Å². The lowest BCUT2D eigenvalue weighted by Crippen LogP contribution is -2.62. The molecule has 10 heteroatoms. The zero-order valence-electron chi connectivity index (χ0n) is 21.1. The van der Waals surface area contributed by atoms with Crippen LogP contribution in [0.5, 0.6) is 5.75 Å². The number of carbonyl (C=O) groups excluding carboxylic acids is 2.